The molecule has 90 valence electrons. The summed E-state index contributed by atoms with van der Waals surface area (Å²) >= 11 is 0. The molecule has 0 aliphatic rings. The highest BCUT2D eigenvalue weighted by atomic mass is 16.5. The summed E-state index contributed by atoms with van der Waals surface area (Å²) in [5.41, 5.74) is 7.71. The number of hydrogen-bond donors (Lipinski definition) is 1. The zero-order valence-electron chi connectivity index (χ0n) is 10.7. The molecular formula is C13H22N2O. The summed E-state index contributed by atoms with van der Waals surface area (Å²) in [5.74, 6) is 0.777. The maximum absolute atomic E-state index is 5.85. The molecule has 0 spiro atoms. The van der Waals surface area contributed by atoms with E-state index >= 15 is 0 Å². The fourth-order valence-electron chi connectivity index (χ4n) is 1.83. The minimum absolute atomic E-state index is 0.475. The third-order valence-corrected chi connectivity index (χ3v) is 2.59. The molecule has 1 aromatic rings. The van der Waals surface area contributed by atoms with E-state index in [2.05, 4.69) is 25.7 Å². The van der Waals surface area contributed by atoms with Crippen molar-refractivity contribution in [3.63, 3.8) is 0 Å². The SMILES string of the molecule is CCOc1cc(N(CC)C(C)C)ccc1N. The first-order chi connectivity index (χ1) is 7.60. The Hall–Kier alpha value is -1.38. The van der Waals surface area contributed by atoms with E-state index in [0.29, 0.717) is 18.3 Å². The normalized spacial score (nSPS) is 10.6. The van der Waals surface area contributed by atoms with E-state index in [1.54, 1.807) is 0 Å². The molecule has 0 amide bonds. The van der Waals surface area contributed by atoms with Gasteiger partial charge in [-0.3, -0.25) is 0 Å². The molecule has 0 aromatic heterocycles. The number of ether oxygens (including phenoxy) is 1. The average Bonchev–Trinajstić information content (AvgIpc) is 2.23. The molecule has 0 radical (unpaired) electrons. The third-order valence-electron chi connectivity index (χ3n) is 2.59. The van der Waals surface area contributed by atoms with E-state index in [9.17, 15) is 0 Å². The van der Waals surface area contributed by atoms with Crippen LogP contribution in [-0.4, -0.2) is 19.2 Å². The molecule has 0 saturated carbocycles. The van der Waals surface area contributed by atoms with E-state index in [4.69, 9.17) is 10.5 Å². The molecule has 0 unspecified atom stereocenters. The van der Waals surface area contributed by atoms with Crippen LogP contribution in [0.5, 0.6) is 5.75 Å². The van der Waals surface area contributed by atoms with Gasteiger partial charge in [0.2, 0.25) is 0 Å². The van der Waals surface area contributed by atoms with Crippen molar-refractivity contribution in [2.45, 2.75) is 33.7 Å². The summed E-state index contributed by atoms with van der Waals surface area (Å²) in [4.78, 5) is 2.31. The Kier molecular flexibility index (Phi) is 4.47. The average molecular weight is 222 g/mol. The molecule has 3 nitrogen and oxygen atoms in total. The molecule has 16 heavy (non-hydrogen) atoms. The molecule has 0 saturated heterocycles. The van der Waals surface area contributed by atoms with Crippen molar-refractivity contribution in [3.05, 3.63) is 18.2 Å². The molecule has 1 rings (SSSR count). The van der Waals surface area contributed by atoms with Gasteiger partial charge in [0.05, 0.1) is 12.3 Å². The molecule has 3 heteroatoms. The Labute approximate surface area is 98.2 Å². The first kappa shape index (κ1) is 12.7. The standard InChI is InChI=1S/C13H22N2O/c1-5-15(10(3)4)11-7-8-12(14)13(9-11)16-6-2/h7-10H,5-6,14H2,1-4H3. The largest absolute Gasteiger partial charge is 0.492 e. The van der Waals surface area contributed by atoms with E-state index in [1.807, 2.05) is 25.1 Å². The zero-order valence-corrected chi connectivity index (χ0v) is 10.7. The van der Waals surface area contributed by atoms with Crippen LogP contribution in [-0.2, 0) is 0 Å². The van der Waals surface area contributed by atoms with Crippen LogP contribution in [0.2, 0.25) is 0 Å². The Morgan fingerprint density at radius 2 is 2.00 bits per heavy atom. The second-order valence-electron chi connectivity index (χ2n) is 4.03. The highest BCUT2D eigenvalue weighted by Gasteiger charge is 2.10. The molecule has 0 bridgehead atoms. The molecule has 0 aliphatic carbocycles. The van der Waals surface area contributed by atoms with E-state index in [-0.39, 0.29) is 0 Å². The summed E-state index contributed by atoms with van der Waals surface area (Å²) < 4.78 is 5.50. The summed E-state index contributed by atoms with van der Waals surface area (Å²) in [7, 11) is 0. The van der Waals surface area contributed by atoms with Crippen LogP contribution in [0.1, 0.15) is 27.7 Å². The minimum atomic E-state index is 0.475. The fraction of sp³-hybridized carbons (Fsp3) is 0.538. The maximum atomic E-state index is 5.85. The predicted molar refractivity (Wildman–Crippen MR) is 70.2 cm³/mol. The van der Waals surface area contributed by atoms with Crippen LogP contribution >= 0.6 is 0 Å². The van der Waals surface area contributed by atoms with Crippen LogP contribution in [0.25, 0.3) is 0 Å². The Morgan fingerprint density at radius 3 is 2.50 bits per heavy atom. The topological polar surface area (TPSA) is 38.5 Å². The Morgan fingerprint density at radius 1 is 1.31 bits per heavy atom. The molecule has 0 aliphatic heterocycles. The quantitative estimate of drug-likeness (QED) is 0.778. The van der Waals surface area contributed by atoms with Gasteiger partial charge in [-0.1, -0.05) is 0 Å². The van der Waals surface area contributed by atoms with Crippen molar-refractivity contribution in [3.8, 4) is 5.75 Å². The number of nitrogen functional groups attached to an aromatic ring is 1. The van der Waals surface area contributed by atoms with Gasteiger partial charge in [0.1, 0.15) is 5.75 Å². The van der Waals surface area contributed by atoms with Crippen molar-refractivity contribution in [2.75, 3.05) is 23.8 Å². The van der Waals surface area contributed by atoms with Crippen molar-refractivity contribution >= 4 is 11.4 Å². The Balaban J connectivity index is 3.00. The van der Waals surface area contributed by atoms with Gasteiger partial charge in [0.25, 0.3) is 0 Å². The van der Waals surface area contributed by atoms with Gasteiger partial charge in [-0.2, -0.15) is 0 Å². The number of hydrogen-bond acceptors (Lipinski definition) is 3. The lowest BCUT2D eigenvalue weighted by Crippen LogP contribution is -2.30. The first-order valence-corrected chi connectivity index (χ1v) is 5.89. The van der Waals surface area contributed by atoms with Gasteiger partial charge in [-0.05, 0) is 39.8 Å². The molecule has 2 N–H and O–H groups in total. The summed E-state index contributed by atoms with van der Waals surface area (Å²) in [6.07, 6.45) is 0. The monoisotopic (exact) mass is 222 g/mol. The van der Waals surface area contributed by atoms with Gasteiger partial charge < -0.3 is 15.4 Å². The van der Waals surface area contributed by atoms with Gasteiger partial charge in [-0.25, -0.2) is 0 Å². The van der Waals surface area contributed by atoms with Gasteiger partial charge in [-0.15, -0.1) is 0 Å². The van der Waals surface area contributed by atoms with Crippen LogP contribution in [0.3, 0.4) is 0 Å². The lowest BCUT2D eigenvalue weighted by Gasteiger charge is -2.28. The third kappa shape index (κ3) is 2.81. The molecule has 0 heterocycles. The molecule has 0 atom stereocenters. The molecular weight excluding hydrogens is 200 g/mol. The number of anilines is 2. The van der Waals surface area contributed by atoms with Crippen molar-refractivity contribution in [1.29, 1.82) is 0 Å². The van der Waals surface area contributed by atoms with Crippen molar-refractivity contribution in [1.82, 2.24) is 0 Å². The smallest absolute Gasteiger partial charge is 0.144 e. The van der Waals surface area contributed by atoms with Crippen molar-refractivity contribution in [2.24, 2.45) is 0 Å². The maximum Gasteiger partial charge on any atom is 0.144 e. The minimum Gasteiger partial charge on any atom is -0.492 e. The van der Waals surface area contributed by atoms with Crippen molar-refractivity contribution < 1.29 is 4.74 Å². The van der Waals surface area contributed by atoms with E-state index in [0.717, 1.165) is 18.0 Å². The van der Waals surface area contributed by atoms with E-state index < -0.39 is 0 Å². The van der Waals surface area contributed by atoms with Gasteiger partial charge in [0.15, 0.2) is 0 Å². The predicted octanol–water partition coefficient (Wildman–Crippen LogP) is 2.90. The van der Waals surface area contributed by atoms with Gasteiger partial charge in [0, 0.05) is 24.3 Å². The number of benzene rings is 1. The van der Waals surface area contributed by atoms with Crippen LogP contribution in [0.15, 0.2) is 18.2 Å². The van der Waals surface area contributed by atoms with E-state index in [1.165, 1.54) is 0 Å². The summed E-state index contributed by atoms with van der Waals surface area (Å²) in [6.45, 7) is 10.1. The summed E-state index contributed by atoms with van der Waals surface area (Å²) in [6, 6.07) is 6.44. The number of nitrogens with zero attached hydrogens (tertiary/aromatic N) is 1. The molecule has 1 aromatic carbocycles. The Bertz CT molecular complexity index is 337. The lowest BCUT2D eigenvalue weighted by molar-refractivity contribution is 0.342. The highest BCUT2D eigenvalue weighted by Crippen LogP contribution is 2.28. The summed E-state index contributed by atoms with van der Waals surface area (Å²) in [5, 5.41) is 0. The second-order valence-corrected chi connectivity index (χ2v) is 4.03. The first-order valence-electron chi connectivity index (χ1n) is 5.89. The lowest BCUT2D eigenvalue weighted by atomic mass is 10.2. The number of rotatable bonds is 5. The van der Waals surface area contributed by atoms with Crippen LogP contribution in [0, 0.1) is 0 Å². The fourth-order valence-corrected chi connectivity index (χ4v) is 1.83. The van der Waals surface area contributed by atoms with Crippen LogP contribution < -0.4 is 15.4 Å². The second kappa shape index (κ2) is 5.64. The highest BCUT2D eigenvalue weighted by molar-refractivity contribution is 5.62. The van der Waals surface area contributed by atoms with Crippen LogP contribution in [0.4, 0.5) is 11.4 Å². The number of nitrogens with two attached hydrogens (primary N) is 1. The zero-order chi connectivity index (χ0) is 12.1. The molecule has 0 fully saturated rings. The van der Waals surface area contributed by atoms with Gasteiger partial charge >= 0.3 is 0 Å².